The molecule has 0 N–H and O–H groups in total. The Bertz CT molecular complexity index is 651. The molecule has 0 spiro atoms. The van der Waals surface area contributed by atoms with Crippen molar-refractivity contribution in [2.45, 2.75) is 11.6 Å². The van der Waals surface area contributed by atoms with Crippen LogP contribution in [0.25, 0.3) is 0 Å². The molecule has 1 aromatic heterocycles. The number of anilines is 1. The van der Waals surface area contributed by atoms with Crippen LogP contribution in [0.1, 0.15) is 5.56 Å². The summed E-state index contributed by atoms with van der Waals surface area (Å²) in [5.41, 5.74) is 1.78. The molecular weight excluding hydrogens is 352 g/mol. The topological polar surface area (TPSA) is 42.4 Å². The fourth-order valence-electron chi connectivity index (χ4n) is 2.06. The number of aromatic nitrogens is 1. The van der Waals surface area contributed by atoms with E-state index in [2.05, 4.69) is 20.9 Å². The lowest BCUT2D eigenvalue weighted by Gasteiger charge is -2.27. The third kappa shape index (κ3) is 3.39. The van der Waals surface area contributed by atoms with Gasteiger partial charge in [-0.05, 0) is 27.6 Å². The normalized spacial score (nSPS) is 13.7. The number of rotatable bonds is 2. The minimum atomic E-state index is -0.333. The van der Waals surface area contributed by atoms with Gasteiger partial charge in [0, 0.05) is 23.0 Å². The lowest BCUT2D eigenvalue weighted by Crippen LogP contribution is -2.36. The number of thioether (sulfide) groups is 1. The van der Waals surface area contributed by atoms with Crippen molar-refractivity contribution in [3.63, 3.8) is 0 Å². The minimum absolute atomic E-state index is 0.278. The van der Waals surface area contributed by atoms with E-state index in [1.54, 1.807) is 22.9 Å². The second kappa shape index (κ2) is 6.49. The van der Waals surface area contributed by atoms with Gasteiger partial charge >= 0.3 is 6.09 Å². The number of carbonyl (C=O) groups excluding carboxylic acids is 1. The molecule has 2 heterocycles. The highest BCUT2D eigenvalue weighted by molar-refractivity contribution is 9.10. The Morgan fingerprint density at radius 3 is 3.00 bits per heavy atom. The molecule has 0 aliphatic carbocycles. The van der Waals surface area contributed by atoms with Crippen molar-refractivity contribution in [3.8, 4) is 0 Å². The van der Waals surface area contributed by atoms with Crippen molar-refractivity contribution in [1.29, 1.82) is 0 Å². The summed E-state index contributed by atoms with van der Waals surface area (Å²) in [4.78, 5) is 18.3. The summed E-state index contributed by atoms with van der Waals surface area (Å²) in [6.45, 7) is 0.906. The van der Waals surface area contributed by atoms with Gasteiger partial charge in [-0.25, -0.2) is 9.78 Å². The van der Waals surface area contributed by atoms with Crippen LogP contribution in [0.5, 0.6) is 0 Å². The lowest BCUT2D eigenvalue weighted by molar-refractivity contribution is 0.147. The molecule has 0 unspecified atom stereocenters. The summed E-state index contributed by atoms with van der Waals surface area (Å²) in [6.07, 6.45) is 1.41. The number of pyridine rings is 1. The first-order valence-corrected chi connectivity index (χ1v) is 8.28. The quantitative estimate of drug-likeness (QED) is 0.804. The second-order valence-corrected chi connectivity index (χ2v) is 6.52. The molecule has 1 aliphatic heterocycles. The van der Waals surface area contributed by atoms with Crippen LogP contribution in [0.3, 0.4) is 0 Å². The van der Waals surface area contributed by atoms with Gasteiger partial charge in [-0.2, -0.15) is 0 Å². The molecule has 1 amide bonds. The van der Waals surface area contributed by atoms with Crippen LogP contribution in [0.4, 0.5) is 10.5 Å². The van der Waals surface area contributed by atoms with Crippen molar-refractivity contribution in [3.05, 3.63) is 52.6 Å². The van der Waals surface area contributed by atoms with Crippen molar-refractivity contribution in [2.24, 2.45) is 0 Å². The number of nitrogens with zero attached hydrogens (tertiary/aromatic N) is 2. The summed E-state index contributed by atoms with van der Waals surface area (Å²) in [5, 5.41) is 0.862. The highest BCUT2D eigenvalue weighted by Gasteiger charge is 2.25. The van der Waals surface area contributed by atoms with Gasteiger partial charge in [0.1, 0.15) is 11.6 Å². The first-order chi connectivity index (χ1) is 10.2. The minimum Gasteiger partial charge on any atom is -0.444 e. The number of hydrogen-bond acceptors (Lipinski definition) is 4. The summed E-state index contributed by atoms with van der Waals surface area (Å²) in [7, 11) is 0. The van der Waals surface area contributed by atoms with E-state index in [1.807, 2.05) is 36.4 Å². The molecular formula is C15H13BrN2O2S. The van der Waals surface area contributed by atoms with E-state index in [4.69, 9.17) is 4.74 Å². The maximum absolute atomic E-state index is 12.3. The smallest absolute Gasteiger partial charge is 0.414 e. The third-order valence-electron chi connectivity index (χ3n) is 3.07. The molecule has 6 heteroatoms. The molecule has 1 aromatic carbocycles. The van der Waals surface area contributed by atoms with Crippen LogP contribution < -0.4 is 4.90 Å². The van der Waals surface area contributed by atoms with Crippen molar-refractivity contribution >= 4 is 39.5 Å². The number of carbonyl (C=O) groups is 1. The van der Waals surface area contributed by atoms with Crippen LogP contribution >= 0.6 is 27.7 Å². The molecule has 1 aliphatic rings. The summed E-state index contributed by atoms with van der Waals surface area (Å²) >= 11 is 5.04. The zero-order chi connectivity index (χ0) is 14.7. The number of hydrogen-bond donors (Lipinski definition) is 0. The van der Waals surface area contributed by atoms with E-state index in [0.717, 1.165) is 26.5 Å². The van der Waals surface area contributed by atoms with Gasteiger partial charge < -0.3 is 4.74 Å². The van der Waals surface area contributed by atoms with E-state index in [0.29, 0.717) is 6.54 Å². The Kier molecular flexibility index (Phi) is 4.45. The zero-order valence-electron chi connectivity index (χ0n) is 11.2. The van der Waals surface area contributed by atoms with Gasteiger partial charge in [0.2, 0.25) is 0 Å². The highest BCUT2D eigenvalue weighted by atomic mass is 79.9. The predicted molar refractivity (Wildman–Crippen MR) is 86.6 cm³/mol. The second-order valence-electron chi connectivity index (χ2n) is 4.52. The Morgan fingerprint density at radius 1 is 1.38 bits per heavy atom. The lowest BCUT2D eigenvalue weighted by atomic mass is 10.2. The average molecular weight is 365 g/mol. The van der Waals surface area contributed by atoms with Crippen LogP contribution in [0, 0.1) is 0 Å². The molecule has 0 radical (unpaired) electrons. The Labute approximate surface area is 135 Å². The van der Waals surface area contributed by atoms with E-state index in [9.17, 15) is 4.79 Å². The molecule has 21 heavy (non-hydrogen) atoms. The van der Waals surface area contributed by atoms with Gasteiger partial charge in [-0.15, -0.1) is 11.8 Å². The van der Waals surface area contributed by atoms with Crippen LogP contribution in [0.15, 0.2) is 52.1 Å². The Balaban J connectivity index is 1.73. The van der Waals surface area contributed by atoms with Gasteiger partial charge in [0.05, 0.1) is 5.69 Å². The van der Waals surface area contributed by atoms with E-state index >= 15 is 0 Å². The van der Waals surface area contributed by atoms with E-state index in [-0.39, 0.29) is 12.7 Å². The number of amides is 1. The maximum atomic E-state index is 12.3. The predicted octanol–water partition coefficient (Wildman–Crippen LogP) is 4.09. The molecule has 0 bridgehead atoms. The van der Waals surface area contributed by atoms with Gasteiger partial charge in [0.15, 0.2) is 0 Å². The molecule has 0 saturated heterocycles. The average Bonchev–Trinajstić information content (AvgIpc) is 2.53. The summed E-state index contributed by atoms with van der Waals surface area (Å²) < 4.78 is 6.25. The molecule has 2 aromatic rings. The first kappa shape index (κ1) is 14.4. The Hall–Kier alpha value is -1.53. The van der Waals surface area contributed by atoms with Crippen LogP contribution in [0.2, 0.25) is 0 Å². The molecule has 0 fully saturated rings. The number of fused-ring (bicyclic) bond motifs is 1. The van der Waals surface area contributed by atoms with Gasteiger partial charge in [-0.1, -0.05) is 30.3 Å². The molecule has 4 nitrogen and oxygen atoms in total. The van der Waals surface area contributed by atoms with Gasteiger partial charge in [0.25, 0.3) is 0 Å². The molecule has 0 atom stereocenters. The van der Waals surface area contributed by atoms with Crippen molar-refractivity contribution in [2.75, 3.05) is 17.2 Å². The maximum Gasteiger partial charge on any atom is 0.414 e. The third-order valence-corrected chi connectivity index (χ3v) is 4.48. The fourth-order valence-corrected chi connectivity index (χ4v) is 3.29. The molecule has 0 saturated carbocycles. The first-order valence-electron chi connectivity index (χ1n) is 6.50. The molecule has 3 rings (SSSR count). The zero-order valence-corrected chi connectivity index (χ0v) is 13.6. The number of halogens is 1. The standard InChI is InChI=1S/C15H13BrN2O2S/c16-12-8-13-14(17-9-12)21-7-6-18(13)15(19)20-10-11-4-2-1-3-5-11/h1-5,8-9H,6-7,10H2. The summed E-state index contributed by atoms with van der Waals surface area (Å²) in [6, 6.07) is 11.6. The van der Waals surface area contributed by atoms with E-state index < -0.39 is 0 Å². The number of benzene rings is 1. The van der Waals surface area contributed by atoms with Gasteiger partial charge in [-0.3, -0.25) is 4.90 Å². The number of ether oxygens (including phenoxy) is 1. The Morgan fingerprint density at radius 2 is 2.19 bits per heavy atom. The van der Waals surface area contributed by atoms with Crippen molar-refractivity contribution in [1.82, 2.24) is 4.98 Å². The SMILES string of the molecule is O=C(OCc1ccccc1)N1CCSc2ncc(Br)cc21. The largest absolute Gasteiger partial charge is 0.444 e. The molecule has 108 valence electrons. The van der Waals surface area contributed by atoms with Crippen LogP contribution in [-0.2, 0) is 11.3 Å². The summed E-state index contributed by atoms with van der Waals surface area (Å²) in [5.74, 6) is 0.821. The van der Waals surface area contributed by atoms with E-state index in [1.165, 1.54) is 0 Å². The highest BCUT2D eigenvalue weighted by Crippen LogP contribution is 2.34. The fraction of sp³-hybridized carbons (Fsp3) is 0.200. The monoisotopic (exact) mass is 364 g/mol. The van der Waals surface area contributed by atoms with Crippen LogP contribution in [-0.4, -0.2) is 23.4 Å². The van der Waals surface area contributed by atoms with Crippen molar-refractivity contribution < 1.29 is 9.53 Å².